The first kappa shape index (κ1) is 13.3. The molecule has 0 spiro atoms. The average molecular weight is 232 g/mol. The van der Waals surface area contributed by atoms with E-state index in [0.717, 1.165) is 31.4 Å². The summed E-state index contributed by atoms with van der Waals surface area (Å²) in [6, 6.07) is 9.72. The second-order valence-corrected chi connectivity index (χ2v) is 4.00. The topological polar surface area (TPSA) is 55.1 Å². The molecule has 0 saturated carbocycles. The van der Waals surface area contributed by atoms with E-state index in [0.29, 0.717) is 5.57 Å². The van der Waals surface area contributed by atoms with Gasteiger partial charge < -0.3 is 11.1 Å². The molecule has 3 heteroatoms. The van der Waals surface area contributed by atoms with Crippen LogP contribution < -0.4 is 11.1 Å². The molecule has 0 heterocycles. The second-order valence-electron chi connectivity index (χ2n) is 4.00. The fourth-order valence-corrected chi connectivity index (χ4v) is 1.54. The first-order valence-corrected chi connectivity index (χ1v) is 6.04. The number of hydrogen-bond acceptors (Lipinski definition) is 2. The first-order valence-electron chi connectivity index (χ1n) is 6.04. The largest absolute Gasteiger partial charge is 0.366 e. The predicted molar refractivity (Wildman–Crippen MR) is 71.5 cm³/mol. The summed E-state index contributed by atoms with van der Waals surface area (Å²) in [6.45, 7) is 2.13. The predicted octanol–water partition coefficient (Wildman–Crippen LogP) is 3.05. The summed E-state index contributed by atoms with van der Waals surface area (Å²) in [7, 11) is 0. The highest BCUT2D eigenvalue weighted by molar-refractivity contribution is 5.92. The summed E-state index contributed by atoms with van der Waals surface area (Å²) < 4.78 is 0. The van der Waals surface area contributed by atoms with Crippen molar-refractivity contribution in [2.24, 2.45) is 5.73 Å². The SMILES string of the molecule is CCCCCC(=CNc1ccccc1)C(N)=O. The van der Waals surface area contributed by atoms with Gasteiger partial charge in [0.15, 0.2) is 0 Å². The second kappa shape index (κ2) is 7.49. The smallest absolute Gasteiger partial charge is 0.246 e. The lowest BCUT2D eigenvalue weighted by molar-refractivity contribution is -0.114. The van der Waals surface area contributed by atoms with Crippen LogP contribution in [0.1, 0.15) is 32.6 Å². The number of carbonyl (C=O) groups is 1. The molecule has 0 radical (unpaired) electrons. The number of carbonyl (C=O) groups excluding carboxylic acids is 1. The molecule has 0 unspecified atom stereocenters. The van der Waals surface area contributed by atoms with Gasteiger partial charge in [-0.3, -0.25) is 4.79 Å². The van der Waals surface area contributed by atoms with E-state index in [1.165, 1.54) is 0 Å². The van der Waals surface area contributed by atoms with Crippen LogP contribution in [0.4, 0.5) is 5.69 Å². The Hall–Kier alpha value is -1.77. The molecule has 3 N–H and O–H groups in total. The van der Waals surface area contributed by atoms with Crippen LogP contribution >= 0.6 is 0 Å². The lowest BCUT2D eigenvalue weighted by atomic mass is 10.1. The van der Waals surface area contributed by atoms with Crippen LogP contribution in [0.25, 0.3) is 0 Å². The van der Waals surface area contributed by atoms with Gasteiger partial charge in [0.1, 0.15) is 0 Å². The maximum Gasteiger partial charge on any atom is 0.246 e. The lowest BCUT2D eigenvalue weighted by Gasteiger charge is -2.05. The number of amides is 1. The number of hydrogen-bond donors (Lipinski definition) is 2. The van der Waals surface area contributed by atoms with E-state index in [4.69, 9.17) is 5.73 Å². The molecule has 17 heavy (non-hydrogen) atoms. The Labute approximate surface area is 103 Å². The maximum absolute atomic E-state index is 11.2. The Kier molecular flexibility index (Phi) is 5.86. The number of anilines is 1. The zero-order chi connectivity index (χ0) is 12.5. The number of unbranched alkanes of at least 4 members (excludes halogenated alkanes) is 2. The molecule has 0 aliphatic rings. The molecule has 0 aromatic heterocycles. The van der Waals surface area contributed by atoms with Gasteiger partial charge in [0.25, 0.3) is 0 Å². The number of nitrogens with one attached hydrogen (secondary N) is 1. The zero-order valence-electron chi connectivity index (χ0n) is 10.3. The molecule has 92 valence electrons. The van der Waals surface area contributed by atoms with Crippen LogP contribution in [-0.2, 0) is 4.79 Å². The van der Waals surface area contributed by atoms with Crippen LogP contribution in [0, 0.1) is 0 Å². The summed E-state index contributed by atoms with van der Waals surface area (Å²) >= 11 is 0. The van der Waals surface area contributed by atoms with Crippen molar-refractivity contribution in [3.63, 3.8) is 0 Å². The fraction of sp³-hybridized carbons (Fsp3) is 0.357. The Morgan fingerprint density at radius 3 is 2.59 bits per heavy atom. The molecule has 3 nitrogen and oxygen atoms in total. The van der Waals surface area contributed by atoms with E-state index >= 15 is 0 Å². The summed E-state index contributed by atoms with van der Waals surface area (Å²) in [5.41, 5.74) is 6.95. The quantitative estimate of drug-likeness (QED) is 0.560. The lowest BCUT2D eigenvalue weighted by Crippen LogP contribution is -2.15. The van der Waals surface area contributed by atoms with E-state index in [9.17, 15) is 4.79 Å². The van der Waals surface area contributed by atoms with Gasteiger partial charge in [-0.15, -0.1) is 0 Å². The van der Waals surface area contributed by atoms with Crippen LogP contribution in [0.2, 0.25) is 0 Å². The van der Waals surface area contributed by atoms with Gasteiger partial charge in [-0.25, -0.2) is 0 Å². The molecule has 0 aliphatic heterocycles. The Bertz CT molecular complexity index is 371. The molecule has 0 fully saturated rings. The Morgan fingerprint density at radius 1 is 1.29 bits per heavy atom. The minimum Gasteiger partial charge on any atom is -0.366 e. The Balaban J connectivity index is 2.55. The molecule has 1 amide bonds. The van der Waals surface area contributed by atoms with Crippen LogP contribution in [-0.4, -0.2) is 5.91 Å². The Morgan fingerprint density at radius 2 is 2.00 bits per heavy atom. The van der Waals surface area contributed by atoms with E-state index in [2.05, 4.69) is 12.2 Å². The molecule has 1 aromatic rings. The summed E-state index contributed by atoms with van der Waals surface area (Å²) in [6.07, 6.45) is 5.71. The van der Waals surface area contributed by atoms with Crippen molar-refractivity contribution < 1.29 is 4.79 Å². The van der Waals surface area contributed by atoms with Gasteiger partial charge >= 0.3 is 0 Å². The van der Waals surface area contributed by atoms with Gasteiger partial charge in [-0.2, -0.15) is 0 Å². The zero-order valence-corrected chi connectivity index (χ0v) is 10.3. The molecule has 0 saturated heterocycles. The van der Waals surface area contributed by atoms with Gasteiger partial charge in [-0.1, -0.05) is 38.0 Å². The monoisotopic (exact) mass is 232 g/mol. The molecule has 0 atom stereocenters. The molecule has 1 rings (SSSR count). The van der Waals surface area contributed by atoms with Crippen LogP contribution in [0.5, 0.6) is 0 Å². The van der Waals surface area contributed by atoms with Crippen LogP contribution in [0.3, 0.4) is 0 Å². The number of rotatable bonds is 7. The van der Waals surface area contributed by atoms with Crippen molar-refractivity contribution in [3.8, 4) is 0 Å². The van der Waals surface area contributed by atoms with Crippen molar-refractivity contribution >= 4 is 11.6 Å². The van der Waals surface area contributed by atoms with Crippen molar-refractivity contribution in [2.45, 2.75) is 32.6 Å². The fourth-order valence-electron chi connectivity index (χ4n) is 1.54. The van der Waals surface area contributed by atoms with E-state index in [-0.39, 0.29) is 5.91 Å². The molecule has 1 aromatic carbocycles. The molecular formula is C14H20N2O. The van der Waals surface area contributed by atoms with Gasteiger partial charge in [0.05, 0.1) is 0 Å². The summed E-state index contributed by atoms with van der Waals surface area (Å²) in [5, 5.41) is 3.09. The van der Waals surface area contributed by atoms with Crippen molar-refractivity contribution in [3.05, 3.63) is 42.1 Å². The van der Waals surface area contributed by atoms with Crippen LogP contribution in [0.15, 0.2) is 42.1 Å². The standard InChI is InChI=1S/C14H20N2O/c1-2-3-5-8-12(14(15)17)11-16-13-9-6-4-7-10-13/h4,6-7,9-11,16H,2-3,5,8H2,1H3,(H2,15,17). The van der Waals surface area contributed by atoms with Crippen molar-refractivity contribution in [2.75, 3.05) is 5.32 Å². The highest BCUT2D eigenvalue weighted by Gasteiger charge is 2.03. The van der Waals surface area contributed by atoms with Crippen molar-refractivity contribution in [1.82, 2.24) is 0 Å². The number of nitrogens with two attached hydrogens (primary N) is 1. The third-order valence-corrected chi connectivity index (χ3v) is 2.55. The third kappa shape index (κ3) is 5.20. The number of para-hydroxylation sites is 1. The normalized spacial score (nSPS) is 11.2. The first-order chi connectivity index (χ1) is 8.24. The minimum atomic E-state index is -0.343. The van der Waals surface area contributed by atoms with Gasteiger partial charge in [0, 0.05) is 17.5 Å². The highest BCUT2D eigenvalue weighted by Crippen LogP contribution is 2.11. The third-order valence-electron chi connectivity index (χ3n) is 2.55. The minimum absolute atomic E-state index is 0.343. The van der Waals surface area contributed by atoms with E-state index in [1.54, 1.807) is 6.20 Å². The molecule has 0 bridgehead atoms. The number of primary amides is 1. The van der Waals surface area contributed by atoms with E-state index in [1.807, 2.05) is 30.3 Å². The number of benzene rings is 1. The van der Waals surface area contributed by atoms with Crippen molar-refractivity contribution in [1.29, 1.82) is 0 Å². The summed E-state index contributed by atoms with van der Waals surface area (Å²) in [4.78, 5) is 11.2. The van der Waals surface area contributed by atoms with Gasteiger partial charge in [-0.05, 0) is 25.0 Å². The molecular weight excluding hydrogens is 212 g/mol. The molecule has 0 aliphatic carbocycles. The van der Waals surface area contributed by atoms with E-state index < -0.39 is 0 Å². The van der Waals surface area contributed by atoms with Gasteiger partial charge in [0.2, 0.25) is 5.91 Å². The summed E-state index contributed by atoms with van der Waals surface area (Å²) in [5.74, 6) is -0.343. The maximum atomic E-state index is 11.2. The highest BCUT2D eigenvalue weighted by atomic mass is 16.1. The average Bonchev–Trinajstić information content (AvgIpc) is 2.34.